The maximum absolute atomic E-state index is 6.18. The van der Waals surface area contributed by atoms with E-state index in [-0.39, 0.29) is 18.0 Å². The Bertz CT molecular complexity index is 508. The van der Waals surface area contributed by atoms with Gasteiger partial charge in [0.05, 0.1) is 0 Å². The lowest BCUT2D eigenvalue weighted by molar-refractivity contribution is 0.131. The average Bonchev–Trinajstić information content (AvgIpc) is 2.74. The summed E-state index contributed by atoms with van der Waals surface area (Å²) in [6.07, 6.45) is 3.46. The van der Waals surface area contributed by atoms with E-state index in [4.69, 9.17) is 10.5 Å². The summed E-state index contributed by atoms with van der Waals surface area (Å²) in [4.78, 5) is 2.54. The SMILES string of the molecule is CC(N)C1CCN(Cc2cccc3c2OC(C)(C)C3)CC1.Cl. The van der Waals surface area contributed by atoms with Crippen LogP contribution in [-0.4, -0.2) is 29.6 Å². The van der Waals surface area contributed by atoms with Crippen molar-refractivity contribution in [3.05, 3.63) is 29.3 Å². The van der Waals surface area contributed by atoms with Crippen molar-refractivity contribution < 1.29 is 4.74 Å². The number of hydrogen-bond acceptors (Lipinski definition) is 3. The summed E-state index contributed by atoms with van der Waals surface area (Å²) in [7, 11) is 0. The second kappa shape index (κ2) is 6.77. The minimum atomic E-state index is -0.0551. The van der Waals surface area contributed by atoms with E-state index in [0.29, 0.717) is 12.0 Å². The Morgan fingerprint density at radius 1 is 1.32 bits per heavy atom. The summed E-state index contributed by atoms with van der Waals surface area (Å²) in [5.41, 5.74) is 8.68. The van der Waals surface area contributed by atoms with Gasteiger partial charge in [0.1, 0.15) is 11.4 Å². The molecule has 4 heteroatoms. The number of likely N-dealkylation sites (tertiary alicyclic amines) is 1. The molecule has 2 heterocycles. The van der Waals surface area contributed by atoms with Crippen LogP contribution in [0.25, 0.3) is 0 Å². The standard InChI is InChI=1S/C18H28N2O.ClH/c1-13(19)14-7-9-20(10-8-14)12-16-6-4-5-15-11-18(2,3)21-17(15)16;/h4-6,13-14H,7-12,19H2,1-3H3;1H. The molecule has 3 rings (SSSR count). The van der Waals surface area contributed by atoms with E-state index >= 15 is 0 Å². The number of benzene rings is 1. The Kier molecular flexibility index (Phi) is 5.41. The van der Waals surface area contributed by atoms with Gasteiger partial charge in [-0.15, -0.1) is 12.4 Å². The fraction of sp³-hybridized carbons (Fsp3) is 0.667. The van der Waals surface area contributed by atoms with Gasteiger partial charge in [-0.2, -0.15) is 0 Å². The Balaban J connectivity index is 0.00000176. The lowest BCUT2D eigenvalue weighted by Crippen LogP contribution is -2.39. The molecular formula is C18H29ClN2O. The van der Waals surface area contributed by atoms with E-state index in [0.717, 1.165) is 31.8 Å². The topological polar surface area (TPSA) is 38.5 Å². The van der Waals surface area contributed by atoms with Crippen LogP contribution >= 0.6 is 12.4 Å². The van der Waals surface area contributed by atoms with Crippen LogP contribution in [0.15, 0.2) is 18.2 Å². The molecule has 22 heavy (non-hydrogen) atoms. The van der Waals surface area contributed by atoms with E-state index in [1.165, 1.54) is 24.0 Å². The summed E-state index contributed by atoms with van der Waals surface area (Å²) in [6, 6.07) is 6.93. The van der Waals surface area contributed by atoms with Gasteiger partial charge in [0.15, 0.2) is 0 Å². The number of hydrogen-bond donors (Lipinski definition) is 1. The lowest BCUT2D eigenvalue weighted by Gasteiger charge is -2.34. The molecule has 2 aliphatic heterocycles. The molecule has 1 aromatic rings. The monoisotopic (exact) mass is 324 g/mol. The molecule has 0 aromatic heterocycles. The predicted octanol–water partition coefficient (Wildman–Crippen LogP) is 3.38. The molecule has 0 radical (unpaired) electrons. The molecule has 0 spiro atoms. The molecule has 2 aliphatic rings. The van der Waals surface area contributed by atoms with Crippen molar-refractivity contribution in [2.75, 3.05) is 13.1 Å². The molecule has 1 unspecified atom stereocenters. The predicted molar refractivity (Wildman–Crippen MR) is 93.8 cm³/mol. The third kappa shape index (κ3) is 3.76. The van der Waals surface area contributed by atoms with Crippen molar-refractivity contribution in [3.63, 3.8) is 0 Å². The molecule has 0 aliphatic carbocycles. The summed E-state index contributed by atoms with van der Waals surface area (Å²) in [5, 5.41) is 0. The fourth-order valence-corrected chi connectivity index (χ4v) is 3.68. The molecule has 0 amide bonds. The maximum Gasteiger partial charge on any atom is 0.127 e. The molecule has 0 bridgehead atoms. The molecule has 1 aromatic carbocycles. The van der Waals surface area contributed by atoms with E-state index in [2.05, 4.69) is 43.9 Å². The van der Waals surface area contributed by atoms with Gasteiger partial charge in [-0.1, -0.05) is 18.2 Å². The van der Waals surface area contributed by atoms with Crippen molar-refractivity contribution in [3.8, 4) is 5.75 Å². The minimum absolute atomic E-state index is 0. The molecule has 1 atom stereocenters. The Hall–Kier alpha value is -0.770. The van der Waals surface area contributed by atoms with Crippen LogP contribution in [0, 0.1) is 5.92 Å². The Morgan fingerprint density at radius 3 is 2.64 bits per heavy atom. The van der Waals surface area contributed by atoms with Crippen LogP contribution in [0.4, 0.5) is 0 Å². The van der Waals surface area contributed by atoms with E-state index in [1.807, 2.05) is 0 Å². The number of piperidine rings is 1. The maximum atomic E-state index is 6.18. The highest BCUT2D eigenvalue weighted by Crippen LogP contribution is 2.38. The van der Waals surface area contributed by atoms with Crippen molar-refractivity contribution in [1.29, 1.82) is 0 Å². The van der Waals surface area contributed by atoms with Crippen LogP contribution in [-0.2, 0) is 13.0 Å². The van der Waals surface area contributed by atoms with Crippen LogP contribution in [0.1, 0.15) is 44.7 Å². The Morgan fingerprint density at radius 2 is 2.00 bits per heavy atom. The zero-order chi connectivity index (χ0) is 15.0. The summed E-state index contributed by atoms with van der Waals surface area (Å²) in [5.74, 6) is 1.83. The molecule has 2 N–H and O–H groups in total. The number of ether oxygens (including phenoxy) is 1. The molecule has 3 nitrogen and oxygen atoms in total. The highest BCUT2D eigenvalue weighted by Gasteiger charge is 2.32. The quantitative estimate of drug-likeness (QED) is 0.926. The van der Waals surface area contributed by atoms with E-state index in [9.17, 15) is 0 Å². The van der Waals surface area contributed by atoms with Crippen LogP contribution in [0.5, 0.6) is 5.75 Å². The first kappa shape index (κ1) is 17.6. The molecule has 1 saturated heterocycles. The second-order valence-corrected chi connectivity index (χ2v) is 7.42. The molecular weight excluding hydrogens is 296 g/mol. The molecule has 1 fully saturated rings. The summed E-state index contributed by atoms with van der Waals surface area (Å²) >= 11 is 0. The highest BCUT2D eigenvalue weighted by atomic mass is 35.5. The number of halogens is 1. The summed E-state index contributed by atoms with van der Waals surface area (Å²) in [6.45, 7) is 9.79. The first-order valence-electron chi connectivity index (χ1n) is 8.22. The number of para-hydroxylation sites is 1. The van der Waals surface area contributed by atoms with Gasteiger partial charge in [0.2, 0.25) is 0 Å². The van der Waals surface area contributed by atoms with E-state index < -0.39 is 0 Å². The average molecular weight is 325 g/mol. The van der Waals surface area contributed by atoms with Crippen LogP contribution in [0.2, 0.25) is 0 Å². The van der Waals surface area contributed by atoms with Crippen LogP contribution < -0.4 is 10.5 Å². The number of rotatable bonds is 3. The van der Waals surface area contributed by atoms with Gasteiger partial charge in [0, 0.05) is 24.6 Å². The van der Waals surface area contributed by atoms with Crippen molar-refractivity contribution in [2.24, 2.45) is 11.7 Å². The second-order valence-electron chi connectivity index (χ2n) is 7.42. The van der Waals surface area contributed by atoms with Gasteiger partial charge in [-0.05, 0) is 58.2 Å². The van der Waals surface area contributed by atoms with Gasteiger partial charge >= 0.3 is 0 Å². The number of fused-ring (bicyclic) bond motifs is 1. The van der Waals surface area contributed by atoms with Gasteiger partial charge in [-0.25, -0.2) is 0 Å². The van der Waals surface area contributed by atoms with E-state index in [1.54, 1.807) is 0 Å². The Labute approximate surface area is 140 Å². The van der Waals surface area contributed by atoms with Crippen LogP contribution in [0.3, 0.4) is 0 Å². The minimum Gasteiger partial charge on any atom is -0.487 e. The van der Waals surface area contributed by atoms with Crippen molar-refractivity contribution in [1.82, 2.24) is 4.90 Å². The third-order valence-corrected chi connectivity index (χ3v) is 4.94. The first-order valence-corrected chi connectivity index (χ1v) is 8.22. The van der Waals surface area contributed by atoms with Gasteiger partial charge in [-0.3, -0.25) is 4.90 Å². The summed E-state index contributed by atoms with van der Waals surface area (Å²) < 4.78 is 6.18. The first-order chi connectivity index (χ1) is 9.94. The highest BCUT2D eigenvalue weighted by molar-refractivity contribution is 5.85. The van der Waals surface area contributed by atoms with Crippen molar-refractivity contribution >= 4 is 12.4 Å². The lowest BCUT2D eigenvalue weighted by atomic mass is 9.90. The normalized spacial score (nSPS) is 22.5. The van der Waals surface area contributed by atoms with Crippen molar-refractivity contribution in [2.45, 2.75) is 58.2 Å². The number of nitrogens with two attached hydrogens (primary N) is 1. The smallest absolute Gasteiger partial charge is 0.127 e. The number of nitrogens with zero attached hydrogens (tertiary/aromatic N) is 1. The zero-order valence-electron chi connectivity index (χ0n) is 14.0. The zero-order valence-corrected chi connectivity index (χ0v) is 14.8. The largest absolute Gasteiger partial charge is 0.487 e. The fourth-order valence-electron chi connectivity index (χ4n) is 3.68. The van der Waals surface area contributed by atoms with Gasteiger partial charge < -0.3 is 10.5 Å². The molecule has 124 valence electrons. The molecule has 0 saturated carbocycles. The third-order valence-electron chi connectivity index (χ3n) is 4.94. The van der Waals surface area contributed by atoms with Gasteiger partial charge in [0.25, 0.3) is 0 Å².